The molecule has 4 heteroatoms. The van der Waals surface area contributed by atoms with Gasteiger partial charge in [0.05, 0.1) is 5.56 Å². The number of hydrogen-bond acceptors (Lipinski definition) is 3. The number of rotatable bonds is 4. The summed E-state index contributed by atoms with van der Waals surface area (Å²) in [4.78, 5) is 4.18. The number of hydrogen-bond donors (Lipinski definition) is 1. The lowest BCUT2D eigenvalue weighted by Crippen LogP contribution is -2.09. The van der Waals surface area contributed by atoms with E-state index in [9.17, 15) is 4.39 Å². The van der Waals surface area contributed by atoms with Crippen LogP contribution in [0, 0.1) is 31.0 Å². The molecular weight excluding hydrogens is 253 g/mol. The van der Waals surface area contributed by atoms with Crippen molar-refractivity contribution < 1.29 is 4.39 Å². The minimum atomic E-state index is -0.216. The molecule has 0 unspecified atom stereocenters. The van der Waals surface area contributed by atoms with Gasteiger partial charge in [0.1, 0.15) is 17.7 Å². The van der Waals surface area contributed by atoms with Gasteiger partial charge in [0.25, 0.3) is 0 Å². The molecule has 102 valence electrons. The third-order valence-corrected chi connectivity index (χ3v) is 3.26. The van der Waals surface area contributed by atoms with Crippen LogP contribution in [0.15, 0.2) is 30.5 Å². The molecule has 0 atom stereocenters. The molecular formula is C16H16FN3. The zero-order chi connectivity index (χ0) is 14.5. The van der Waals surface area contributed by atoms with E-state index < -0.39 is 0 Å². The second-order valence-electron chi connectivity index (χ2n) is 4.71. The number of nitriles is 1. The molecule has 2 rings (SSSR count). The standard InChI is InChI=1S/C16H16FN3/c1-11-5-7-19-16(15(11)10-18)20-8-6-13-3-4-14(17)9-12(13)2/h3-5,7,9H,6,8H2,1-2H3,(H,19,20). The van der Waals surface area contributed by atoms with Gasteiger partial charge in [-0.15, -0.1) is 0 Å². The topological polar surface area (TPSA) is 48.7 Å². The number of aryl methyl sites for hydroxylation is 2. The minimum Gasteiger partial charge on any atom is -0.369 e. The average Bonchev–Trinajstić information content (AvgIpc) is 2.41. The summed E-state index contributed by atoms with van der Waals surface area (Å²) >= 11 is 0. The van der Waals surface area contributed by atoms with Crippen LogP contribution in [0.4, 0.5) is 10.2 Å². The first-order valence-corrected chi connectivity index (χ1v) is 6.46. The highest BCUT2D eigenvalue weighted by Crippen LogP contribution is 2.16. The SMILES string of the molecule is Cc1cc(F)ccc1CCNc1nccc(C)c1C#N. The van der Waals surface area contributed by atoms with Crippen LogP contribution in [0.25, 0.3) is 0 Å². The fourth-order valence-corrected chi connectivity index (χ4v) is 2.09. The zero-order valence-corrected chi connectivity index (χ0v) is 11.6. The summed E-state index contributed by atoms with van der Waals surface area (Å²) in [5.74, 6) is 0.388. The molecule has 0 aliphatic rings. The highest BCUT2D eigenvalue weighted by atomic mass is 19.1. The molecule has 2 aromatic rings. The summed E-state index contributed by atoms with van der Waals surface area (Å²) in [6, 6.07) is 8.76. The van der Waals surface area contributed by atoms with Crippen molar-refractivity contribution in [1.82, 2.24) is 4.98 Å². The van der Waals surface area contributed by atoms with Crippen LogP contribution in [-0.2, 0) is 6.42 Å². The van der Waals surface area contributed by atoms with E-state index in [2.05, 4.69) is 16.4 Å². The van der Waals surface area contributed by atoms with Crippen LogP contribution < -0.4 is 5.32 Å². The molecule has 1 aromatic carbocycles. The summed E-state index contributed by atoms with van der Waals surface area (Å²) in [7, 11) is 0. The Kier molecular flexibility index (Phi) is 4.31. The molecule has 0 bridgehead atoms. The Morgan fingerprint density at radius 3 is 2.75 bits per heavy atom. The van der Waals surface area contributed by atoms with Gasteiger partial charge in [-0.1, -0.05) is 6.07 Å². The number of aromatic nitrogens is 1. The number of nitrogens with one attached hydrogen (secondary N) is 1. The summed E-state index contributed by atoms with van der Waals surface area (Å²) in [5, 5.41) is 12.3. The minimum absolute atomic E-state index is 0.216. The molecule has 1 heterocycles. The highest BCUT2D eigenvalue weighted by Gasteiger charge is 2.06. The summed E-state index contributed by atoms with van der Waals surface area (Å²) in [6.45, 7) is 4.43. The van der Waals surface area contributed by atoms with E-state index in [1.807, 2.05) is 19.9 Å². The van der Waals surface area contributed by atoms with E-state index in [4.69, 9.17) is 5.26 Å². The monoisotopic (exact) mass is 269 g/mol. The predicted octanol–water partition coefficient (Wildman–Crippen LogP) is 3.36. The number of anilines is 1. The first-order chi connectivity index (χ1) is 9.61. The van der Waals surface area contributed by atoms with Crippen molar-refractivity contribution in [3.05, 3.63) is 58.5 Å². The van der Waals surface area contributed by atoms with Crippen molar-refractivity contribution in [1.29, 1.82) is 5.26 Å². The largest absolute Gasteiger partial charge is 0.369 e. The smallest absolute Gasteiger partial charge is 0.144 e. The molecule has 0 aliphatic heterocycles. The van der Waals surface area contributed by atoms with Crippen LogP contribution >= 0.6 is 0 Å². The van der Waals surface area contributed by atoms with Crippen molar-refractivity contribution in [3.63, 3.8) is 0 Å². The molecule has 0 aliphatic carbocycles. The Balaban J connectivity index is 2.03. The van der Waals surface area contributed by atoms with Gasteiger partial charge in [-0.05, 0) is 55.2 Å². The Morgan fingerprint density at radius 1 is 1.25 bits per heavy atom. The van der Waals surface area contributed by atoms with E-state index in [0.717, 1.165) is 23.1 Å². The zero-order valence-electron chi connectivity index (χ0n) is 11.6. The summed E-state index contributed by atoms with van der Waals surface area (Å²) in [5.41, 5.74) is 3.50. The maximum Gasteiger partial charge on any atom is 0.144 e. The van der Waals surface area contributed by atoms with Gasteiger partial charge in [0.2, 0.25) is 0 Å². The quantitative estimate of drug-likeness (QED) is 0.925. The van der Waals surface area contributed by atoms with Crippen molar-refractivity contribution in [2.24, 2.45) is 0 Å². The van der Waals surface area contributed by atoms with E-state index in [0.29, 0.717) is 17.9 Å². The van der Waals surface area contributed by atoms with Crippen molar-refractivity contribution in [2.45, 2.75) is 20.3 Å². The first kappa shape index (κ1) is 14.0. The molecule has 0 saturated carbocycles. The first-order valence-electron chi connectivity index (χ1n) is 6.46. The van der Waals surface area contributed by atoms with Crippen LogP contribution in [0.2, 0.25) is 0 Å². The Bertz CT molecular complexity index is 659. The highest BCUT2D eigenvalue weighted by molar-refractivity contribution is 5.55. The van der Waals surface area contributed by atoms with E-state index in [1.54, 1.807) is 12.3 Å². The van der Waals surface area contributed by atoms with Crippen LogP contribution in [0.3, 0.4) is 0 Å². The van der Waals surface area contributed by atoms with Gasteiger partial charge in [0.15, 0.2) is 0 Å². The van der Waals surface area contributed by atoms with Crippen molar-refractivity contribution in [2.75, 3.05) is 11.9 Å². The number of halogens is 1. The third kappa shape index (κ3) is 3.12. The third-order valence-electron chi connectivity index (χ3n) is 3.26. The lowest BCUT2D eigenvalue weighted by molar-refractivity contribution is 0.625. The van der Waals surface area contributed by atoms with Crippen LogP contribution in [0.5, 0.6) is 0 Å². The molecule has 1 N–H and O–H groups in total. The van der Waals surface area contributed by atoms with Gasteiger partial charge in [-0.25, -0.2) is 9.37 Å². The Hall–Kier alpha value is -2.41. The summed E-state index contributed by atoms with van der Waals surface area (Å²) < 4.78 is 13.0. The normalized spacial score (nSPS) is 10.1. The van der Waals surface area contributed by atoms with Crippen LogP contribution in [-0.4, -0.2) is 11.5 Å². The second-order valence-corrected chi connectivity index (χ2v) is 4.71. The molecule has 1 aromatic heterocycles. The predicted molar refractivity (Wildman–Crippen MR) is 77.0 cm³/mol. The summed E-state index contributed by atoms with van der Waals surface area (Å²) in [6.07, 6.45) is 2.44. The van der Waals surface area contributed by atoms with Gasteiger partial charge in [-0.2, -0.15) is 5.26 Å². The Labute approximate surface area is 118 Å². The lowest BCUT2D eigenvalue weighted by Gasteiger charge is -2.10. The fourth-order valence-electron chi connectivity index (χ4n) is 2.09. The van der Waals surface area contributed by atoms with E-state index in [-0.39, 0.29) is 5.82 Å². The van der Waals surface area contributed by atoms with Crippen molar-refractivity contribution in [3.8, 4) is 6.07 Å². The molecule has 20 heavy (non-hydrogen) atoms. The molecule has 0 fully saturated rings. The van der Waals surface area contributed by atoms with Crippen LogP contribution in [0.1, 0.15) is 22.3 Å². The lowest BCUT2D eigenvalue weighted by atomic mass is 10.1. The second kappa shape index (κ2) is 6.16. The number of nitrogens with zero attached hydrogens (tertiary/aromatic N) is 2. The van der Waals surface area contributed by atoms with Crippen molar-refractivity contribution >= 4 is 5.82 Å². The molecule has 0 spiro atoms. The van der Waals surface area contributed by atoms with Gasteiger partial charge < -0.3 is 5.32 Å². The Morgan fingerprint density at radius 2 is 2.05 bits per heavy atom. The molecule has 0 amide bonds. The van der Waals surface area contributed by atoms with E-state index >= 15 is 0 Å². The van der Waals surface area contributed by atoms with Gasteiger partial charge >= 0.3 is 0 Å². The molecule has 3 nitrogen and oxygen atoms in total. The number of pyridine rings is 1. The molecule has 0 radical (unpaired) electrons. The van der Waals surface area contributed by atoms with E-state index in [1.165, 1.54) is 12.1 Å². The molecule has 0 saturated heterocycles. The maximum atomic E-state index is 13.0. The van der Waals surface area contributed by atoms with Gasteiger partial charge in [-0.3, -0.25) is 0 Å². The maximum absolute atomic E-state index is 13.0. The average molecular weight is 269 g/mol. The van der Waals surface area contributed by atoms with Gasteiger partial charge in [0, 0.05) is 12.7 Å². The number of benzene rings is 1. The fraction of sp³-hybridized carbons (Fsp3) is 0.250.